The van der Waals surface area contributed by atoms with Gasteiger partial charge >= 0.3 is 0 Å². The largest absolute Gasteiger partial charge is 0.395 e. The zero-order valence-electron chi connectivity index (χ0n) is 17.9. The van der Waals surface area contributed by atoms with E-state index in [1.807, 2.05) is 0 Å². The van der Waals surface area contributed by atoms with Crippen molar-refractivity contribution in [1.29, 1.82) is 0 Å². The van der Waals surface area contributed by atoms with Gasteiger partial charge in [-0.1, -0.05) is 51.0 Å². The molecule has 0 bridgehead atoms. The Morgan fingerprint density at radius 2 is 1.71 bits per heavy atom. The van der Waals surface area contributed by atoms with Gasteiger partial charge in [0.2, 0.25) is 0 Å². The molecule has 0 aromatic heterocycles. The normalized spacial score (nSPS) is 22.5. The van der Waals surface area contributed by atoms with Crippen LogP contribution in [0.25, 0.3) is 0 Å². The van der Waals surface area contributed by atoms with Gasteiger partial charge in [-0.05, 0) is 30.4 Å². The molecule has 3 N–H and O–H groups in total. The van der Waals surface area contributed by atoms with Gasteiger partial charge in [-0.25, -0.2) is 0 Å². The second-order valence-electron chi connectivity index (χ2n) is 8.61. The summed E-state index contributed by atoms with van der Waals surface area (Å²) in [6.07, 6.45) is 3.15. The van der Waals surface area contributed by atoms with Crippen molar-refractivity contribution in [3.05, 3.63) is 64.2 Å². The molecule has 6 nitrogen and oxygen atoms in total. The van der Waals surface area contributed by atoms with Crippen molar-refractivity contribution in [3.63, 3.8) is 0 Å². The van der Waals surface area contributed by atoms with Crippen LogP contribution in [-0.4, -0.2) is 41.8 Å². The molecule has 1 fully saturated rings. The first-order chi connectivity index (χ1) is 14.9. The molecule has 6 heteroatoms. The van der Waals surface area contributed by atoms with E-state index in [0.717, 1.165) is 19.3 Å². The standard InChI is InChI=1S/C25H28N2O4/c1-14-6-5-9-20(15(14)2)27-25(31)19-11-10-18-21(22(19)26-12-13-28)24(30)17-8-4-3-7-16(17)23(18)29/h3-4,7-8,10-11,14-15,20,26,28H,5-6,9,12-13H2,1-2H3,(H,27,31)/t14-,15+,20-/m1/s1. The van der Waals surface area contributed by atoms with Crippen LogP contribution in [0.15, 0.2) is 36.4 Å². The van der Waals surface area contributed by atoms with Gasteiger partial charge in [0, 0.05) is 29.3 Å². The Labute approximate surface area is 182 Å². The molecule has 0 heterocycles. The molecule has 2 aromatic rings. The summed E-state index contributed by atoms with van der Waals surface area (Å²) in [6, 6.07) is 9.96. The molecule has 2 aromatic carbocycles. The third-order valence-electron chi connectivity index (χ3n) is 6.77. The van der Waals surface area contributed by atoms with Gasteiger partial charge in [-0.3, -0.25) is 14.4 Å². The Morgan fingerprint density at radius 1 is 1.00 bits per heavy atom. The molecule has 0 saturated heterocycles. The molecular formula is C25H28N2O4. The lowest BCUT2D eigenvalue weighted by molar-refractivity contribution is 0.0891. The number of hydrogen-bond acceptors (Lipinski definition) is 5. The zero-order valence-corrected chi connectivity index (χ0v) is 17.9. The molecule has 0 aliphatic heterocycles. The molecular weight excluding hydrogens is 392 g/mol. The van der Waals surface area contributed by atoms with E-state index in [-0.39, 0.29) is 47.8 Å². The number of ketones is 2. The second-order valence-corrected chi connectivity index (χ2v) is 8.61. The van der Waals surface area contributed by atoms with Crippen LogP contribution >= 0.6 is 0 Å². The number of rotatable bonds is 5. The van der Waals surface area contributed by atoms with Crippen LogP contribution in [0.3, 0.4) is 0 Å². The van der Waals surface area contributed by atoms with Crippen molar-refractivity contribution >= 4 is 23.2 Å². The average Bonchev–Trinajstić information content (AvgIpc) is 2.78. The lowest BCUT2D eigenvalue weighted by atomic mass is 9.78. The molecule has 4 rings (SSSR count). The van der Waals surface area contributed by atoms with Crippen LogP contribution in [-0.2, 0) is 0 Å². The maximum atomic E-state index is 13.3. The Morgan fingerprint density at radius 3 is 2.42 bits per heavy atom. The highest BCUT2D eigenvalue weighted by atomic mass is 16.3. The summed E-state index contributed by atoms with van der Waals surface area (Å²) in [5.41, 5.74) is 1.82. The van der Waals surface area contributed by atoms with Crippen LogP contribution in [0.2, 0.25) is 0 Å². The minimum absolute atomic E-state index is 0.0658. The van der Waals surface area contributed by atoms with Crippen molar-refractivity contribution in [2.45, 2.75) is 39.2 Å². The lowest BCUT2D eigenvalue weighted by Gasteiger charge is -2.34. The summed E-state index contributed by atoms with van der Waals surface area (Å²) < 4.78 is 0. The topological polar surface area (TPSA) is 95.5 Å². The molecule has 31 heavy (non-hydrogen) atoms. The number of aliphatic hydroxyl groups is 1. The summed E-state index contributed by atoms with van der Waals surface area (Å²) in [4.78, 5) is 39.6. The first-order valence-electron chi connectivity index (χ1n) is 10.9. The molecule has 3 atom stereocenters. The number of fused-ring (bicyclic) bond motifs is 2. The third-order valence-corrected chi connectivity index (χ3v) is 6.77. The highest BCUT2D eigenvalue weighted by Gasteiger charge is 2.34. The molecule has 162 valence electrons. The fourth-order valence-corrected chi connectivity index (χ4v) is 4.77. The first kappa shape index (κ1) is 21.2. The number of carbonyl (C=O) groups excluding carboxylic acids is 3. The van der Waals surface area contributed by atoms with E-state index in [1.165, 1.54) is 0 Å². The maximum Gasteiger partial charge on any atom is 0.253 e. The van der Waals surface area contributed by atoms with Crippen LogP contribution in [0.5, 0.6) is 0 Å². The van der Waals surface area contributed by atoms with Crippen LogP contribution in [0.4, 0.5) is 5.69 Å². The molecule has 0 radical (unpaired) electrons. The van der Waals surface area contributed by atoms with Gasteiger partial charge in [0.15, 0.2) is 11.6 Å². The number of aliphatic hydroxyl groups excluding tert-OH is 1. The monoisotopic (exact) mass is 420 g/mol. The van der Waals surface area contributed by atoms with Gasteiger partial charge in [0.1, 0.15) is 0 Å². The van der Waals surface area contributed by atoms with Crippen LogP contribution in [0, 0.1) is 11.8 Å². The van der Waals surface area contributed by atoms with Crippen molar-refractivity contribution in [2.24, 2.45) is 11.8 Å². The minimum atomic E-state index is -0.292. The van der Waals surface area contributed by atoms with E-state index >= 15 is 0 Å². The highest BCUT2D eigenvalue weighted by molar-refractivity contribution is 6.31. The van der Waals surface area contributed by atoms with E-state index in [0.29, 0.717) is 34.2 Å². The number of hydrogen-bond donors (Lipinski definition) is 3. The Kier molecular flexibility index (Phi) is 5.92. The summed E-state index contributed by atoms with van der Waals surface area (Å²) in [5, 5.41) is 15.5. The van der Waals surface area contributed by atoms with Crippen molar-refractivity contribution in [1.82, 2.24) is 5.32 Å². The van der Waals surface area contributed by atoms with E-state index < -0.39 is 0 Å². The average molecular weight is 421 g/mol. The van der Waals surface area contributed by atoms with E-state index in [2.05, 4.69) is 24.5 Å². The van der Waals surface area contributed by atoms with E-state index in [9.17, 15) is 19.5 Å². The zero-order chi connectivity index (χ0) is 22.1. The molecule has 0 unspecified atom stereocenters. The summed E-state index contributed by atoms with van der Waals surface area (Å²) in [6.45, 7) is 4.36. The van der Waals surface area contributed by atoms with Crippen molar-refractivity contribution < 1.29 is 19.5 Å². The SMILES string of the molecule is C[C@H]1[C@H](C)CCC[C@H]1NC(=O)c1ccc2c(c1NCCO)C(=O)c1ccccc1C2=O. The number of carbonyl (C=O) groups is 3. The van der Waals surface area contributed by atoms with Gasteiger partial charge in [0.25, 0.3) is 5.91 Å². The highest BCUT2D eigenvalue weighted by Crippen LogP contribution is 2.35. The minimum Gasteiger partial charge on any atom is -0.395 e. The van der Waals surface area contributed by atoms with Crippen molar-refractivity contribution in [2.75, 3.05) is 18.5 Å². The first-order valence-corrected chi connectivity index (χ1v) is 10.9. The molecule has 0 spiro atoms. The number of amides is 1. The Bertz CT molecular complexity index is 1050. The summed E-state index contributed by atoms with van der Waals surface area (Å²) >= 11 is 0. The molecule has 2 aliphatic carbocycles. The predicted molar refractivity (Wildman–Crippen MR) is 119 cm³/mol. The number of nitrogens with one attached hydrogen (secondary N) is 2. The fraction of sp³-hybridized carbons (Fsp3) is 0.400. The smallest absolute Gasteiger partial charge is 0.253 e. The van der Waals surface area contributed by atoms with Gasteiger partial charge < -0.3 is 15.7 Å². The lowest BCUT2D eigenvalue weighted by Crippen LogP contribution is -2.44. The quantitative estimate of drug-likeness (QED) is 0.588. The van der Waals surface area contributed by atoms with Gasteiger partial charge in [-0.2, -0.15) is 0 Å². The second kappa shape index (κ2) is 8.63. The Hall–Kier alpha value is -2.99. The molecule has 2 aliphatic rings. The Balaban J connectivity index is 1.75. The van der Waals surface area contributed by atoms with Crippen molar-refractivity contribution in [3.8, 4) is 0 Å². The van der Waals surface area contributed by atoms with Crippen LogP contribution < -0.4 is 10.6 Å². The van der Waals surface area contributed by atoms with Gasteiger partial charge in [0.05, 0.1) is 23.4 Å². The maximum absolute atomic E-state index is 13.3. The molecule has 1 amide bonds. The van der Waals surface area contributed by atoms with E-state index in [1.54, 1.807) is 36.4 Å². The summed E-state index contributed by atoms with van der Waals surface area (Å²) in [7, 11) is 0. The predicted octanol–water partition coefficient (Wildman–Crippen LogP) is 3.42. The third kappa shape index (κ3) is 3.76. The summed E-state index contributed by atoms with van der Waals surface area (Å²) in [5.74, 6) is 0.0942. The van der Waals surface area contributed by atoms with Crippen LogP contribution in [0.1, 0.15) is 75.3 Å². The van der Waals surface area contributed by atoms with E-state index in [4.69, 9.17) is 0 Å². The fourth-order valence-electron chi connectivity index (χ4n) is 4.77. The number of benzene rings is 2. The van der Waals surface area contributed by atoms with Gasteiger partial charge in [-0.15, -0.1) is 0 Å². The molecule has 1 saturated carbocycles. The number of anilines is 1.